The number of nitrogen functional groups attached to an aromatic ring is 2. The number of nitrogens with zero attached hydrogens (tertiary/aromatic N) is 2. The molecule has 5 N–H and O–H groups in total. The number of hydrogen-bond acceptors (Lipinski definition) is 6. The van der Waals surface area contributed by atoms with Crippen molar-refractivity contribution < 1.29 is 4.74 Å². The first-order valence-corrected chi connectivity index (χ1v) is 6.86. The molecule has 112 valence electrons. The second-order valence-electron chi connectivity index (χ2n) is 4.32. The van der Waals surface area contributed by atoms with Gasteiger partial charge in [-0.25, -0.2) is 4.98 Å². The molecule has 0 aliphatic heterocycles. The van der Waals surface area contributed by atoms with Crippen molar-refractivity contribution >= 4 is 35.0 Å². The van der Waals surface area contributed by atoms with Crippen LogP contribution >= 0.6 is 23.2 Å². The molecule has 0 atom stereocenters. The third-order valence-electron chi connectivity index (χ3n) is 2.84. The monoisotopic (exact) mass is 327 g/mol. The van der Waals surface area contributed by atoms with Gasteiger partial charge in [0.2, 0.25) is 5.95 Å². The van der Waals surface area contributed by atoms with Crippen molar-refractivity contribution in [2.75, 3.05) is 18.6 Å². The van der Waals surface area contributed by atoms with Crippen LogP contribution in [0.25, 0.3) is 0 Å². The molecule has 1 heterocycles. The zero-order chi connectivity index (χ0) is 15.4. The molecule has 0 amide bonds. The van der Waals surface area contributed by atoms with E-state index in [-0.39, 0.29) is 5.95 Å². The molecule has 0 bridgehead atoms. The molecule has 0 saturated carbocycles. The maximum Gasteiger partial charge on any atom is 0.221 e. The highest BCUT2D eigenvalue weighted by molar-refractivity contribution is 6.35. The summed E-state index contributed by atoms with van der Waals surface area (Å²) in [6.07, 6.45) is 1.59. The fourth-order valence-electron chi connectivity index (χ4n) is 1.88. The number of nitrogens with one attached hydrogen (secondary N) is 1. The number of nitrogens with two attached hydrogens (primary N) is 2. The van der Waals surface area contributed by atoms with E-state index < -0.39 is 0 Å². The van der Waals surface area contributed by atoms with Gasteiger partial charge in [-0.2, -0.15) is 4.98 Å². The maximum atomic E-state index is 6.08. The summed E-state index contributed by atoms with van der Waals surface area (Å²) in [5.74, 6) is 1.10. The average Bonchev–Trinajstić information content (AvgIpc) is 2.41. The Morgan fingerprint density at radius 1 is 1.19 bits per heavy atom. The van der Waals surface area contributed by atoms with Crippen molar-refractivity contribution in [1.82, 2.24) is 15.3 Å². The molecular formula is C13H15Cl2N5O. The highest BCUT2D eigenvalue weighted by Gasteiger charge is 2.10. The standard InChI is InChI=1S/C13H15Cl2N5O/c1-21-11-7(2-9(14)3-10(11)15)4-18-5-8-6-19-13(17)20-12(8)16/h2-3,6,18H,4-5H2,1H3,(H4,16,17,19,20). The molecule has 2 rings (SSSR count). The van der Waals surface area contributed by atoms with E-state index in [9.17, 15) is 0 Å². The number of methoxy groups -OCH3 is 1. The summed E-state index contributed by atoms with van der Waals surface area (Å²) in [6.45, 7) is 0.993. The van der Waals surface area contributed by atoms with Crippen LogP contribution in [0.4, 0.5) is 11.8 Å². The predicted octanol–water partition coefficient (Wildman–Crippen LogP) is 2.25. The minimum atomic E-state index is 0.152. The first-order valence-electron chi connectivity index (χ1n) is 6.10. The number of benzene rings is 1. The third kappa shape index (κ3) is 3.87. The fourth-order valence-corrected chi connectivity index (χ4v) is 2.49. The lowest BCUT2D eigenvalue weighted by Gasteiger charge is -2.12. The van der Waals surface area contributed by atoms with Crippen LogP contribution in [-0.2, 0) is 13.1 Å². The van der Waals surface area contributed by atoms with Gasteiger partial charge in [0, 0.05) is 35.4 Å². The molecule has 0 saturated heterocycles. The quantitative estimate of drug-likeness (QED) is 0.778. The molecule has 0 radical (unpaired) electrons. The van der Waals surface area contributed by atoms with E-state index in [0.717, 1.165) is 11.1 Å². The number of anilines is 2. The number of halogens is 2. The Labute approximate surface area is 132 Å². The normalized spacial score (nSPS) is 10.6. The smallest absolute Gasteiger partial charge is 0.221 e. The lowest BCUT2D eigenvalue weighted by Crippen LogP contribution is -2.16. The minimum Gasteiger partial charge on any atom is -0.495 e. The van der Waals surface area contributed by atoms with Crippen LogP contribution < -0.4 is 21.5 Å². The molecular weight excluding hydrogens is 313 g/mol. The molecule has 0 aliphatic rings. The van der Waals surface area contributed by atoms with Gasteiger partial charge in [0.15, 0.2) is 0 Å². The summed E-state index contributed by atoms with van der Waals surface area (Å²) in [6, 6.07) is 3.43. The topological polar surface area (TPSA) is 99.1 Å². The molecule has 21 heavy (non-hydrogen) atoms. The molecule has 0 fully saturated rings. The van der Waals surface area contributed by atoms with Crippen molar-refractivity contribution in [3.63, 3.8) is 0 Å². The van der Waals surface area contributed by atoms with E-state index >= 15 is 0 Å². The highest BCUT2D eigenvalue weighted by atomic mass is 35.5. The summed E-state index contributed by atoms with van der Waals surface area (Å²) in [5, 5.41) is 4.23. The lowest BCUT2D eigenvalue weighted by molar-refractivity contribution is 0.408. The van der Waals surface area contributed by atoms with E-state index in [2.05, 4.69) is 15.3 Å². The first-order chi connectivity index (χ1) is 10.0. The zero-order valence-electron chi connectivity index (χ0n) is 11.4. The van der Waals surface area contributed by atoms with Gasteiger partial charge < -0.3 is 21.5 Å². The number of rotatable bonds is 5. The Morgan fingerprint density at radius 3 is 2.57 bits per heavy atom. The van der Waals surface area contributed by atoms with Crippen molar-refractivity contribution in [3.05, 3.63) is 39.5 Å². The van der Waals surface area contributed by atoms with Gasteiger partial charge in [0.1, 0.15) is 11.6 Å². The first kappa shape index (κ1) is 15.6. The SMILES string of the molecule is COc1c(Cl)cc(Cl)cc1CNCc1cnc(N)nc1N. The summed E-state index contributed by atoms with van der Waals surface area (Å²) < 4.78 is 5.28. The molecule has 1 aromatic carbocycles. The van der Waals surface area contributed by atoms with Crippen molar-refractivity contribution in [1.29, 1.82) is 0 Å². The fraction of sp³-hybridized carbons (Fsp3) is 0.231. The van der Waals surface area contributed by atoms with Gasteiger partial charge in [0.05, 0.1) is 12.1 Å². The summed E-state index contributed by atoms with van der Waals surface area (Å²) in [5.41, 5.74) is 12.8. The van der Waals surface area contributed by atoms with Gasteiger partial charge in [0.25, 0.3) is 0 Å². The molecule has 0 aliphatic carbocycles. The lowest BCUT2D eigenvalue weighted by atomic mass is 10.2. The van der Waals surface area contributed by atoms with E-state index in [4.69, 9.17) is 39.4 Å². The van der Waals surface area contributed by atoms with Crippen LogP contribution in [0.3, 0.4) is 0 Å². The average molecular weight is 328 g/mol. The van der Waals surface area contributed by atoms with Crippen LogP contribution in [0.15, 0.2) is 18.3 Å². The van der Waals surface area contributed by atoms with Crippen molar-refractivity contribution in [2.45, 2.75) is 13.1 Å². The van der Waals surface area contributed by atoms with Crippen LogP contribution in [0.1, 0.15) is 11.1 Å². The molecule has 2 aromatic rings. The zero-order valence-corrected chi connectivity index (χ0v) is 12.9. The van der Waals surface area contributed by atoms with Crippen LogP contribution in [0.5, 0.6) is 5.75 Å². The van der Waals surface area contributed by atoms with Gasteiger partial charge in [-0.05, 0) is 12.1 Å². The maximum absolute atomic E-state index is 6.08. The molecule has 1 aromatic heterocycles. The highest BCUT2D eigenvalue weighted by Crippen LogP contribution is 2.32. The Balaban J connectivity index is 2.06. The molecule has 0 spiro atoms. The Morgan fingerprint density at radius 2 is 1.90 bits per heavy atom. The van der Waals surface area contributed by atoms with E-state index in [1.807, 2.05) is 0 Å². The second kappa shape index (κ2) is 6.80. The van der Waals surface area contributed by atoms with E-state index in [1.54, 1.807) is 25.4 Å². The Bertz CT molecular complexity index is 651. The van der Waals surface area contributed by atoms with Crippen molar-refractivity contribution in [3.8, 4) is 5.75 Å². The molecule has 0 unspecified atom stereocenters. The summed E-state index contributed by atoms with van der Waals surface area (Å²) in [7, 11) is 1.56. The summed E-state index contributed by atoms with van der Waals surface area (Å²) in [4.78, 5) is 7.81. The van der Waals surface area contributed by atoms with Crippen LogP contribution in [0, 0.1) is 0 Å². The predicted molar refractivity (Wildman–Crippen MR) is 84.4 cm³/mol. The number of aromatic nitrogens is 2. The van der Waals surface area contributed by atoms with Gasteiger partial charge in [-0.1, -0.05) is 23.2 Å². The molecule has 6 nitrogen and oxygen atoms in total. The molecule has 8 heteroatoms. The van der Waals surface area contributed by atoms with E-state index in [1.165, 1.54) is 0 Å². The number of ether oxygens (including phenoxy) is 1. The number of hydrogen-bond donors (Lipinski definition) is 3. The third-order valence-corrected chi connectivity index (χ3v) is 3.34. The minimum absolute atomic E-state index is 0.152. The van der Waals surface area contributed by atoms with Crippen LogP contribution in [-0.4, -0.2) is 17.1 Å². The van der Waals surface area contributed by atoms with Gasteiger partial charge in [-0.15, -0.1) is 0 Å². The van der Waals surface area contributed by atoms with Gasteiger partial charge >= 0.3 is 0 Å². The van der Waals surface area contributed by atoms with Crippen molar-refractivity contribution in [2.24, 2.45) is 0 Å². The Kier molecular flexibility index (Phi) is 5.06. The largest absolute Gasteiger partial charge is 0.495 e. The second-order valence-corrected chi connectivity index (χ2v) is 5.17. The van der Waals surface area contributed by atoms with Gasteiger partial charge in [-0.3, -0.25) is 0 Å². The van der Waals surface area contributed by atoms with E-state index in [0.29, 0.717) is 34.7 Å². The Hall–Kier alpha value is -1.76. The van der Waals surface area contributed by atoms with Crippen LogP contribution in [0.2, 0.25) is 10.0 Å². The summed E-state index contributed by atoms with van der Waals surface area (Å²) >= 11 is 12.1.